The predicted octanol–water partition coefficient (Wildman–Crippen LogP) is 2.71. The molecule has 0 spiro atoms. The highest BCUT2D eigenvalue weighted by Crippen LogP contribution is 2.62. The molecule has 2 N–H and O–H groups in total. The Labute approximate surface area is 90.0 Å². The molecule has 1 aromatic carbocycles. The minimum absolute atomic E-state index is 0.108. The second kappa shape index (κ2) is 3.12. The molecule has 1 aliphatic rings. The molecule has 0 radical (unpaired) electrons. The van der Waals surface area contributed by atoms with Gasteiger partial charge in [-0.3, -0.25) is 0 Å². The predicted molar refractivity (Wildman–Crippen MR) is 51.7 cm³/mol. The molecule has 0 heterocycles. The quantitative estimate of drug-likeness (QED) is 0.838. The summed E-state index contributed by atoms with van der Waals surface area (Å²) in [7, 11) is 0. The topological polar surface area (TPSA) is 26.0 Å². The maximum Gasteiger partial charge on any atom is 0.260 e. The molecule has 2 rings (SSSR count). The molecule has 1 saturated carbocycles. The highest BCUT2D eigenvalue weighted by Gasteiger charge is 2.71. The van der Waals surface area contributed by atoms with Gasteiger partial charge in [-0.25, -0.2) is 13.2 Å². The summed E-state index contributed by atoms with van der Waals surface area (Å²) in [5, 5.41) is -0.250. The van der Waals surface area contributed by atoms with Crippen molar-refractivity contribution in [3.05, 3.63) is 34.6 Å². The second-order valence-corrected chi connectivity index (χ2v) is 4.15. The van der Waals surface area contributed by atoms with E-state index in [1.165, 1.54) is 12.1 Å². The van der Waals surface area contributed by atoms with E-state index in [4.69, 9.17) is 17.3 Å². The number of nitrogens with two attached hydrogens (primary N) is 1. The molecule has 1 aliphatic carbocycles. The maximum atomic E-state index is 13.2. The van der Waals surface area contributed by atoms with Gasteiger partial charge in [-0.15, -0.1) is 0 Å². The molecule has 1 aromatic rings. The Balaban J connectivity index is 2.51. The van der Waals surface area contributed by atoms with Crippen molar-refractivity contribution in [1.29, 1.82) is 0 Å². The third kappa shape index (κ3) is 1.35. The first-order valence-corrected chi connectivity index (χ1v) is 4.85. The number of hydrogen-bond acceptors (Lipinski definition) is 1. The zero-order valence-electron chi connectivity index (χ0n) is 7.74. The zero-order valence-corrected chi connectivity index (χ0v) is 8.49. The van der Waals surface area contributed by atoms with Gasteiger partial charge >= 0.3 is 0 Å². The SMILES string of the molecule is NCC1(c2cccc(F)c2Cl)CC1(F)F. The molecule has 0 amide bonds. The third-order valence-corrected chi connectivity index (χ3v) is 3.30. The first kappa shape index (κ1) is 10.8. The molecule has 1 fully saturated rings. The average Bonchev–Trinajstić information content (AvgIpc) is 2.74. The van der Waals surface area contributed by atoms with E-state index in [0.717, 1.165) is 6.07 Å². The van der Waals surface area contributed by atoms with Gasteiger partial charge in [0.15, 0.2) is 0 Å². The van der Waals surface area contributed by atoms with E-state index < -0.39 is 17.2 Å². The fraction of sp³-hybridized carbons (Fsp3) is 0.400. The van der Waals surface area contributed by atoms with Crippen molar-refractivity contribution in [1.82, 2.24) is 0 Å². The molecule has 0 saturated heterocycles. The fourth-order valence-corrected chi connectivity index (χ4v) is 2.14. The summed E-state index contributed by atoms with van der Waals surface area (Å²) in [6, 6.07) is 3.90. The van der Waals surface area contributed by atoms with E-state index in [1.54, 1.807) is 0 Å². The van der Waals surface area contributed by atoms with E-state index in [1.807, 2.05) is 0 Å². The number of alkyl halides is 2. The summed E-state index contributed by atoms with van der Waals surface area (Å²) in [5.41, 5.74) is 3.98. The van der Waals surface area contributed by atoms with Crippen LogP contribution in [0.1, 0.15) is 12.0 Å². The monoisotopic (exact) mass is 235 g/mol. The Morgan fingerprint density at radius 3 is 2.47 bits per heavy atom. The minimum atomic E-state index is -2.88. The van der Waals surface area contributed by atoms with Crippen molar-refractivity contribution < 1.29 is 13.2 Å². The Morgan fingerprint density at radius 1 is 1.40 bits per heavy atom. The molecule has 0 bridgehead atoms. The van der Waals surface area contributed by atoms with Crippen LogP contribution in [0.5, 0.6) is 0 Å². The lowest BCUT2D eigenvalue weighted by molar-refractivity contribution is 0.0896. The van der Waals surface area contributed by atoms with Crippen LogP contribution >= 0.6 is 11.6 Å². The molecular weight excluding hydrogens is 227 g/mol. The molecule has 15 heavy (non-hydrogen) atoms. The summed E-state index contributed by atoms with van der Waals surface area (Å²) in [5.74, 6) is -3.57. The van der Waals surface area contributed by atoms with Gasteiger partial charge in [0.1, 0.15) is 5.82 Å². The molecule has 0 aromatic heterocycles. The Hall–Kier alpha value is -0.740. The summed E-state index contributed by atoms with van der Waals surface area (Å²) in [6.45, 7) is -0.233. The summed E-state index contributed by atoms with van der Waals surface area (Å²) in [4.78, 5) is 0. The van der Waals surface area contributed by atoms with Gasteiger partial charge in [-0.2, -0.15) is 0 Å². The van der Waals surface area contributed by atoms with Crippen LogP contribution in [0.3, 0.4) is 0 Å². The molecule has 1 atom stereocenters. The van der Waals surface area contributed by atoms with E-state index in [0.29, 0.717) is 0 Å². The second-order valence-electron chi connectivity index (χ2n) is 3.77. The average molecular weight is 236 g/mol. The van der Waals surface area contributed by atoms with E-state index in [2.05, 4.69) is 0 Å². The Bertz CT molecular complexity index is 408. The van der Waals surface area contributed by atoms with Crippen LogP contribution in [-0.4, -0.2) is 12.5 Å². The van der Waals surface area contributed by atoms with Crippen LogP contribution in [0.2, 0.25) is 5.02 Å². The van der Waals surface area contributed by atoms with Crippen LogP contribution in [-0.2, 0) is 5.41 Å². The van der Waals surface area contributed by atoms with Gasteiger partial charge in [-0.05, 0) is 11.6 Å². The van der Waals surface area contributed by atoms with E-state index >= 15 is 0 Å². The normalized spacial score (nSPS) is 27.8. The van der Waals surface area contributed by atoms with Crippen molar-refractivity contribution in [3.63, 3.8) is 0 Å². The summed E-state index contributed by atoms with van der Waals surface area (Å²) >= 11 is 5.66. The lowest BCUT2D eigenvalue weighted by atomic mass is 9.95. The molecule has 82 valence electrons. The molecular formula is C10H9ClF3N. The van der Waals surface area contributed by atoms with Gasteiger partial charge in [0, 0.05) is 13.0 Å². The van der Waals surface area contributed by atoms with Crippen LogP contribution in [0, 0.1) is 5.82 Å². The molecule has 5 heteroatoms. The Morgan fingerprint density at radius 2 is 2.00 bits per heavy atom. The van der Waals surface area contributed by atoms with Gasteiger partial charge in [0.25, 0.3) is 5.92 Å². The van der Waals surface area contributed by atoms with Crippen LogP contribution in [0.15, 0.2) is 18.2 Å². The van der Waals surface area contributed by atoms with Crippen molar-refractivity contribution >= 4 is 11.6 Å². The molecule has 0 aliphatic heterocycles. The van der Waals surface area contributed by atoms with Crippen LogP contribution < -0.4 is 5.73 Å². The van der Waals surface area contributed by atoms with E-state index in [9.17, 15) is 13.2 Å². The molecule has 1 nitrogen and oxygen atoms in total. The first-order valence-electron chi connectivity index (χ1n) is 4.47. The van der Waals surface area contributed by atoms with E-state index in [-0.39, 0.29) is 23.6 Å². The van der Waals surface area contributed by atoms with Gasteiger partial charge in [-0.1, -0.05) is 23.7 Å². The van der Waals surface area contributed by atoms with Crippen molar-refractivity contribution in [2.24, 2.45) is 5.73 Å². The number of rotatable bonds is 2. The highest BCUT2D eigenvalue weighted by molar-refractivity contribution is 6.31. The lowest BCUT2D eigenvalue weighted by Crippen LogP contribution is -2.27. The van der Waals surface area contributed by atoms with Crippen LogP contribution in [0.25, 0.3) is 0 Å². The summed E-state index contributed by atoms with van der Waals surface area (Å²) < 4.78 is 39.5. The lowest BCUT2D eigenvalue weighted by Gasteiger charge is -2.16. The summed E-state index contributed by atoms with van der Waals surface area (Å²) in [6.07, 6.45) is -0.361. The fourth-order valence-electron chi connectivity index (χ4n) is 1.83. The van der Waals surface area contributed by atoms with Crippen molar-refractivity contribution in [2.45, 2.75) is 17.8 Å². The standard InChI is InChI=1S/C10H9ClF3N/c11-8-6(2-1-3-7(8)12)9(5-15)4-10(9,13)14/h1-3H,4-5,15H2. The minimum Gasteiger partial charge on any atom is -0.329 e. The number of halogens is 4. The van der Waals surface area contributed by atoms with Gasteiger partial charge in [0.05, 0.1) is 10.4 Å². The zero-order chi connectivity index (χ0) is 11.3. The third-order valence-electron chi connectivity index (χ3n) is 2.91. The maximum absolute atomic E-state index is 13.2. The number of hydrogen-bond donors (Lipinski definition) is 1. The van der Waals surface area contributed by atoms with Gasteiger partial charge in [0.2, 0.25) is 0 Å². The van der Waals surface area contributed by atoms with Crippen LogP contribution in [0.4, 0.5) is 13.2 Å². The largest absolute Gasteiger partial charge is 0.329 e. The molecule has 1 unspecified atom stereocenters. The Kier molecular flexibility index (Phi) is 2.24. The highest BCUT2D eigenvalue weighted by atomic mass is 35.5. The smallest absolute Gasteiger partial charge is 0.260 e. The number of benzene rings is 1. The first-order chi connectivity index (χ1) is 6.94. The van der Waals surface area contributed by atoms with Crippen molar-refractivity contribution in [3.8, 4) is 0 Å². The van der Waals surface area contributed by atoms with Crippen molar-refractivity contribution in [2.75, 3.05) is 6.54 Å². The van der Waals surface area contributed by atoms with Gasteiger partial charge < -0.3 is 5.73 Å².